The zero-order valence-corrected chi connectivity index (χ0v) is 22.3. The molecule has 9 heteroatoms. The minimum Gasteiger partial charge on any atom is -0.493 e. The number of fused-ring (bicyclic) bond motifs is 1. The van der Waals surface area contributed by atoms with Gasteiger partial charge in [-0.15, -0.1) is 0 Å². The standard InChI is InChI=1S/C29H33FN2O6/c1-29(2,3)26(38-28(34)17-8-6-7-9-17)27(33)32-18-10-11-23(20(30)14-18)37-22-12-13-31-21-16-25(36-5)24(35-4)15-19(21)22/h10-17,26H,6-9H2,1-5H3,(H,32,33). The quantitative estimate of drug-likeness (QED) is 0.347. The highest BCUT2D eigenvalue weighted by Gasteiger charge is 2.37. The summed E-state index contributed by atoms with van der Waals surface area (Å²) in [7, 11) is 3.05. The lowest BCUT2D eigenvalue weighted by molar-refractivity contribution is -0.164. The number of hydrogen-bond acceptors (Lipinski definition) is 7. The average Bonchev–Trinajstić information content (AvgIpc) is 3.42. The molecule has 3 aromatic rings. The number of carbonyl (C=O) groups is 2. The van der Waals surface area contributed by atoms with E-state index in [9.17, 15) is 9.59 Å². The first-order valence-corrected chi connectivity index (χ1v) is 12.6. The number of methoxy groups -OCH3 is 2. The molecule has 8 nitrogen and oxygen atoms in total. The Morgan fingerprint density at radius 3 is 2.29 bits per heavy atom. The predicted octanol–water partition coefficient (Wildman–Crippen LogP) is 6.27. The van der Waals surface area contributed by atoms with Crippen LogP contribution in [0.25, 0.3) is 10.9 Å². The van der Waals surface area contributed by atoms with Gasteiger partial charge in [0.2, 0.25) is 0 Å². The molecule has 1 fully saturated rings. The van der Waals surface area contributed by atoms with Crippen LogP contribution in [0.2, 0.25) is 0 Å². The normalized spacial score (nSPS) is 14.7. The van der Waals surface area contributed by atoms with E-state index < -0.39 is 23.2 Å². The Bertz CT molecular complexity index is 1330. The van der Waals surface area contributed by atoms with Gasteiger partial charge in [0.25, 0.3) is 5.91 Å². The highest BCUT2D eigenvalue weighted by molar-refractivity contribution is 5.96. The smallest absolute Gasteiger partial charge is 0.309 e. The molecule has 1 heterocycles. The maximum Gasteiger partial charge on any atom is 0.309 e. The third-order valence-electron chi connectivity index (χ3n) is 6.57. The summed E-state index contributed by atoms with van der Waals surface area (Å²) < 4.78 is 37.3. The van der Waals surface area contributed by atoms with Crippen LogP contribution < -0.4 is 19.5 Å². The first-order valence-electron chi connectivity index (χ1n) is 12.6. The fourth-order valence-electron chi connectivity index (χ4n) is 4.52. The number of pyridine rings is 1. The van der Waals surface area contributed by atoms with Crippen LogP contribution in [0, 0.1) is 17.2 Å². The van der Waals surface area contributed by atoms with Crippen molar-refractivity contribution >= 4 is 28.5 Å². The number of anilines is 1. The molecule has 1 aliphatic carbocycles. The zero-order chi connectivity index (χ0) is 27.4. The van der Waals surface area contributed by atoms with Gasteiger partial charge in [0, 0.05) is 34.8 Å². The molecule has 0 saturated heterocycles. The molecule has 1 atom stereocenters. The molecule has 1 aromatic heterocycles. The SMILES string of the molecule is COc1cc2nccc(Oc3ccc(NC(=O)C(OC(=O)C4CCCC4)C(C)(C)C)cc3F)c2cc1OC. The number of aromatic nitrogens is 1. The van der Waals surface area contributed by atoms with Crippen LogP contribution in [0.5, 0.6) is 23.0 Å². The first-order chi connectivity index (χ1) is 18.1. The Morgan fingerprint density at radius 1 is 0.974 bits per heavy atom. The monoisotopic (exact) mass is 524 g/mol. The Balaban J connectivity index is 1.51. The summed E-state index contributed by atoms with van der Waals surface area (Å²) in [6, 6.07) is 9.16. The molecule has 1 saturated carbocycles. The third-order valence-corrected chi connectivity index (χ3v) is 6.57. The van der Waals surface area contributed by atoms with E-state index in [4.69, 9.17) is 18.9 Å². The summed E-state index contributed by atoms with van der Waals surface area (Å²) >= 11 is 0. The Labute approximate surface area is 221 Å². The minimum atomic E-state index is -1.02. The van der Waals surface area contributed by atoms with E-state index in [0.717, 1.165) is 25.7 Å². The van der Waals surface area contributed by atoms with Crippen molar-refractivity contribution in [2.45, 2.75) is 52.6 Å². The molecule has 1 N–H and O–H groups in total. The number of hydrogen-bond donors (Lipinski definition) is 1. The van der Waals surface area contributed by atoms with Crippen LogP contribution in [-0.2, 0) is 14.3 Å². The number of amides is 1. The van der Waals surface area contributed by atoms with Gasteiger partial charge in [-0.2, -0.15) is 0 Å². The van der Waals surface area contributed by atoms with Crippen molar-refractivity contribution < 1.29 is 32.9 Å². The molecule has 1 amide bonds. The number of rotatable bonds is 8. The highest BCUT2D eigenvalue weighted by Crippen LogP contribution is 2.38. The van der Waals surface area contributed by atoms with Gasteiger partial charge in [-0.25, -0.2) is 4.39 Å². The van der Waals surface area contributed by atoms with Gasteiger partial charge in [0.15, 0.2) is 29.2 Å². The number of nitrogens with zero attached hydrogens (tertiary/aromatic N) is 1. The molecule has 0 radical (unpaired) electrons. The molecule has 38 heavy (non-hydrogen) atoms. The van der Waals surface area contributed by atoms with Crippen molar-refractivity contribution in [2.75, 3.05) is 19.5 Å². The molecule has 4 rings (SSSR count). The summed E-state index contributed by atoms with van der Waals surface area (Å²) in [5.74, 6) is -0.389. The number of nitrogens with one attached hydrogen (secondary N) is 1. The van der Waals surface area contributed by atoms with Crippen molar-refractivity contribution in [3.63, 3.8) is 0 Å². The topological polar surface area (TPSA) is 96.0 Å². The lowest BCUT2D eigenvalue weighted by atomic mass is 9.88. The van der Waals surface area contributed by atoms with Gasteiger partial charge in [-0.1, -0.05) is 33.6 Å². The minimum absolute atomic E-state index is 0.0367. The first kappa shape index (κ1) is 27.2. The van der Waals surface area contributed by atoms with Gasteiger partial charge >= 0.3 is 5.97 Å². The van der Waals surface area contributed by atoms with E-state index in [1.54, 1.807) is 24.4 Å². The van der Waals surface area contributed by atoms with Gasteiger partial charge in [-0.05, 0) is 37.1 Å². The average molecular weight is 525 g/mol. The number of ether oxygens (including phenoxy) is 4. The number of halogens is 1. The molecule has 2 aromatic carbocycles. The summed E-state index contributed by atoms with van der Waals surface area (Å²) in [5.41, 5.74) is 0.160. The molecule has 0 bridgehead atoms. The highest BCUT2D eigenvalue weighted by atomic mass is 19.1. The second-order valence-corrected chi connectivity index (χ2v) is 10.4. The lowest BCUT2D eigenvalue weighted by Crippen LogP contribution is -2.43. The maximum atomic E-state index is 15.1. The van der Waals surface area contributed by atoms with E-state index in [1.165, 1.54) is 32.4 Å². The van der Waals surface area contributed by atoms with Crippen molar-refractivity contribution in [1.29, 1.82) is 0 Å². The molecule has 0 spiro atoms. The van der Waals surface area contributed by atoms with Crippen LogP contribution in [0.1, 0.15) is 46.5 Å². The second kappa shape index (κ2) is 11.2. The Morgan fingerprint density at radius 2 is 1.66 bits per heavy atom. The molecule has 1 aliphatic rings. The molecular weight excluding hydrogens is 491 g/mol. The van der Waals surface area contributed by atoms with Crippen LogP contribution in [0.4, 0.5) is 10.1 Å². The maximum absolute atomic E-state index is 15.1. The van der Waals surface area contributed by atoms with E-state index in [-0.39, 0.29) is 23.3 Å². The van der Waals surface area contributed by atoms with Crippen molar-refractivity contribution in [3.05, 3.63) is 48.4 Å². The van der Waals surface area contributed by atoms with Crippen LogP contribution >= 0.6 is 0 Å². The number of benzene rings is 2. The van der Waals surface area contributed by atoms with Crippen molar-refractivity contribution in [2.24, 2.45) is 11.3 Å². The number of carbonyl (C=O) groups excluding carboxylic acids is 2. The molecular formula is C29H33FN2O6. The Hall–Kier alpha value is -3.88. The zero-order valence-electron chi connectivity index (χ0n) is 22.3. The summed E-state index contributed by atoms with van der Waals surface area (Å²) in [5, 5.41) is 3.29. The van der Waals surface area contributed by atoms with Crippen LogP contribution in [-0.4, -0.2) is 37.2 Å². The van der Waals surface area contributed by atoms with Crippen LogP contribution in [0.15, 0.2) is 42.6 Å². The fourth-order valence-corrected chi connectivity index (χ4v) is 4.52. The summed E-state index contributed by atoms with van der Waals surface area (Å²) in [6.07, 6.45) is 4.04. The Kier molecular flexibility index (Phi) is 8.04. The summed E-state index contributed by atoms with van der Waals surface area (Å²) in [4.78, 5) is 30.0. The van der Waals surface area contributed by atoms with E-state index in [1.807, 2.05) is 20.8 Å². The molecule has 1 unspecified atom stereocenters. The van der Waals surface area contributed by atoms with E-state index >= 15 is 4.39 Å². The largest absolute Gasteiger partial charge is 0.493 e. The van der Waals surface area contributed by atoms with E-state index in [2.05, 4.69) is 10.3 Å². The van der Waals surface area contributed by atoms with Crippen molar-refractivity contribution in [1.82, 2.24) is 4.98 Å². The number of esters is 1. The third kappa shape index (κ3) is 5.98. The molecule has 202 valence electrons. The fraction of sp³-hybridized carbons (Fsp3) is 0.414. The summed E-state index contributed by atoms with van der Waals surface area (Å²) in [6.45, 7) is 5.46. The van der Waals surface area contributed by atoms with Crippen LogP contribution in [0.3, 0.4) is 0 Å². The van der Waals surface area contributed by atoms with Gasteiger partial charge in [0.1, 0.15) is 5.75 Å². The van der Waals surface area contributed by atoms with Gasteiger partial charge < -0.3 is 24.3 Å². The lowest BCUT2D eigenvalue weighted by Gasteiger charge is -2.30. The van der Waals surface area contributed by atoms with Crippen molar-refractivity contribution in [3.8, 4) is 23.0 Å². The van der Waals surface area contributed by atoms with Gasteiger partial charge in [0.05, 0.1) is 25.7 Å². The van der Waals surface area contributed by atoms with Gasteiger partial charge in [-0.3, -0.25) is 14.6 Å². The molecule has 0 aliphatic heterocycles. The second-order valence-electron chi connectivity index (χ2n) is 10.4. The predicted molar refractivity (Wildman–Crippen MR) is 141 cm³/mol. The van der Waals surface area contributed by atoms with E-state index in [0.29, 0.717) is 28.2 Å².